The van der Waals surface area contributed by atoms with Crippen molar-refractivity contribution in [2.45, 2.75) is 58.3 Å². The van der Waals surface area contributed by atoms with Gasteiger partial charge < -0.3 is 10.2 Å². The SMILES string of the molecule is CCc1ccc(-n2nc(CCN3CCCCC3)c3c2NCCCC3)cc1. The number of aromatic nitrogens is 2. The number of nitrogens with one attached hydrogen (secondary N) is 1. The molecule has 4 heteroatoms. The van der Waals surface area contributed by atoms with E-state index < -0.39 is 0 Å². The predicted octanol–water partition coefficient (Wildman–Crippen LogP) is 4.21. The minimum atomic E-state index is 1.05. The Morgan fingerprint density at radius 1 is 1.00 bits per heavy atom. The van der Waals surface area contributed by atoms with Crippen LogP contribution in [0.25, 0.3) is 5.69 Å². The fourth-order valence-corrected chi connectivity index (χ4v) is 4.28. The Morgan fingerprint density at radius 3 is 2.58 bits per heavy atom. The van der Waals surface area contributed by atoms with Crippen LogP contribution in [0.15, 0.2) is 24.3 Å². The third-order valence-corrected chi connectivity index (χ3v) is 5.92. The first kappa shape index (κ1) is 17.6. The van der Waals surface area contributed by atoms with Crippen molar-refractivity contribution in [2.75, 3.05) is 31.5 Å². The topological polar surface area (TPSA) is 33.1 Å². The van der Waals surface area contributed by atoms with Gasteiger partial charge in [-0.3, -0.25) is 0 Å². The van der Waals surface area contributed by atoms with Crippen molar-refractivity contribution in [3.63, 3.8) is 0 Å². The number of rotatable bonds is 5. The number of likely N-dealkylation sites (tertiary alicyclic amines) is 1. The maximum atomic E-state index is 5.07. The molecule has 4 rings (SSSR count). The maximum absolute atomic E-state index is 5.07. The second-order valence-corrected chi connectivity index (χ2v) is 7.74. The van der Waals surface area contributed by atoms with Crippen molar-refractivity contribution in [2.24, 2.45) is 0 Å². The Kier molecular flexibility index (Phi) is 5.59. The zero-order valence-electron chi connectivity index (χ0n) is 16.1. The zero-order chi connectivity index (χ0) is 17.8. The first-order valence-electron chi connectivity index (χ1n) is 10.5. The van der Waals surface area contributed by atoms with Crippen molar-refractivity contribution in [3.05, 3.63) is 41.1 Å². The third-order valence-electron chi connectivity index (χ3n) is 5.92. The summed E-state index contributed by atoms with van der Waals surface area (Å²) in [7, 11) is 0. The van der Waals surface area contributed by atoms with Crippen molar-refractivity contribution >= 4 is 5.82 Å². The lowest BCUT2D eigenvalue weighted by Crippen LogP contribution is -2.31. The summed E-state index contributed by atoms with van der Waals surface area (Å²) >= 11 is 0. The van der Waals surface area contributed by atoms with E-state index in [1.165, 1.54) is 73.5 Å². The Hall–Kier alpha value is -1.81. The van der Waals surface area contributed by atoms with E-state index in [4.69, 9.17) is 5.10 Å². The largest absolute Gasteiger partial charge is 0.370 e. The summed E-state index contributed by atoms with van der Waals surface area (Å²) in [6.45, 7) is 6.93. The third kappa shape index (κ3) is 3.80. The van der Waals surface area contributed by atoms with E-state index >= 15 is 0 Å². The summed E-state index contributed by atoms with van der Waals surface area (Å²) in [5.74, 6) is 1.24. The van der Waals surface area contributed by atoms with Gasteiger partial charge in [0.1, 0.15) is 5.82 Å². The number of aryl methyl sites for hydroxylation is 1. The molecular weight excluding hydrogens is 320 g/mol. The Balaban J connectivity index is 1.60. The molecule has 140 valence electrons. The molecule has 0 aliphatic carbocycles. The molecule has 0 saturated carbocycles. The smallest absolute Gasteiger partial charge is 0.133 e. The van der Waals surface area contributed by atoms with Crippen molar-refractivity contribution < 1.29 is 0 Å². The number of anilines is 1. The first-order chi connectivity index (χ1) is 12.8. The maximum Gasteiger partial charge on any atom is 0.133 e. The molecule has 2 aromatic rings. The van der Waals surface area contributed by atoms with Gasteiger partial charge >= 0.3 is 0 Å². The first-order valence-corrected chi connectivity index (χ1v) is 10.5. The van der Waals surface area contributed by atoms with Gasteiger partial charge in [0.15, 0.2) is 0 Å². The van der Waals surface area contributed by atoms with E-state index in [1.54, 1.807) is 0 Å². The van der Waals surface area contributed by atoms with Crippen LogP contribution in [0.4, 0.5) is 5.82 Å². The van der Waals surface area contributed by atoms with Crippen LogP contribution in [0.5, 0.6) is 0 Å². The molecule has 1 N–H and O–H groups in total. The summed E-state index contributed by atoms with van der Waals surface area (Å²) < 4.78 is 2.16. The highest BCUT2D eigenvalue weighted by molar-refractivity contribution is 5.54. The van der Waals surface area contributed by atoms with Gasteiger partial charge in [-0.1, -0.05) is 25.5 Å². The number of piperidine rings is 1. The van der Waals surface area contributed by atoms with E-state index in [1.807, 2.05) is 0 Å². The van der Waals surface area contributed by atoms with Gasteiger partial charge in [0.05, 0.1) is 11.4 Å². The van der Waals surface area contributed by atoms with Gasteiger partial charge in [-0.15, -0.1) is 0 Å². The summed E-state index contributed by atoms with van der Waals surface area (Å²) in [5.41, 5.74) is 5.32. The monoisotopic (exact) mass is 352 g/mol. The van der Waals surface area contributed by atoms with Crippen LogP contribution in [0.1, 0.15) is 55.8 Å². The summed E-state index contributed by atoms with van der Waals surface area (Å²) in [6, 6.07) is 8.89. The highest BCUT2D eigenvalue weighted by Gasteiger charge is 2.21. The van der Waals surface area contributed by atoms with Gasteiger partial charge in [-0.25, -0.2) is 4.68 Å². The van der Waals surface area contributed by atoms with Crippen LogP contribution in [-0.4, -0.2) is 40.9 Å². The second-order valence-electron chi connectivity index (χ2n) is 7.74. The van der Waals surface area contributed by atoms with Gasteiger partial charge in [-0.2, -0.15) is 5.10 Å². The second kappa shape index (κ2) is 8.26. The minimum absolute atomic E-state index is 1.05. The summed E-state index contributed by atoms with van der Waals surface area (Å²) in [4.78, 5) is 2.62. The quantitative estimate of drug-likeness (QED) is 0.875. The van der Waals surface area contributed by atoms with Gasteiger partial charge in [0, 0.05) is 25.1 Å². The standard InChI is InChI=1S/C22H32N4/c1-2-18-9-11-19(12-10-18)26-22-20(8-4-5-14-23-22)21(24-26)13-17-25-15-6-3-7-16-25/h9-12,23H,2-8,13-17H2,1H3. The average Bonchev–Trinajstić information content (AvgIpc) is 2.87. The average molecular weight is 353 g/mol. The Morgan fingerprint density at radius 2 is 1.81 bits per heavy atom. The van der Waals surface area contributed by atoms with E-state index in [-0.39, 0.29) is 0 Å². The van der Waals surface area contributed by atoms with E-state index in [2.05, 4.69) is 46.1 Å². The fraction of sp³-hybridized carbons (Fsp3) is 0.591. The molecular formula is C22H32N4. The van der Waals surface area contributed by atoms with E-state index in [9.17, 15) is 0 Å². The van der Waals surface area contributed by atoms with Crippen LogP contribution in [0, 0.1) is 0 Å². The fourth-order valence-electron chi connectivity index (χ4n) is 4.28. The lowest BCUT2D eigenvalue weighted by molar-refractivity contribution is 0.230. The molecule has 1 aromatic heterocycles. The van der Waals surface area contributed by atoms with Crippen LogP contribution < -0.4 is 5.32 Å². The lowest BCUT2D eigenvalue weighted by atomic mass is 10.1. The van der Waals surface area contributed by atoms with Gasteiger partial charge in [0.2, 0.25) is 0 Å². The van der Waals surface area contributed by atoms with Gasteiger partial charge in [-0.05, 0) is 69.3 Å². The number of hydrogen-bond donors (Lipinski definition) is 1. The number of fused-ring (bicyclic) bond motifs is 1. The van der Waals surface area contributed by atoms with Crippen LogP contribution in [-0.2, 0) is 19.3 Å². The highest BCUT2D eigenvalue weighted by Crippen LogP contribution is 2.28. The molecule has 26 heavy (non-hydrogen) atoms. The zero-order valence-corrected chi connectivity index (χ0v) is 16.1. The van der Waals surface area contributed by atoms with Gasteiger partial charge in [0.25, 0.3) is 0 Å². The van der Waals surface area contributed by atoms with Crippen molar-refractivity contribution in [1.82, 2.24) is 14.7 Å². The molecule has 2 aliphatic rings. The van der Waals surface area contributed by atoms with Crippen LogP contribution >= 0.6 is 0 Å². The minimum Gasteiger partial charge on any atom is -0.370 e. The molecule has 0 atom stereocenters. The molecule has 0 spiro atoms. The van der Waals surface area contributed by atoms with Crippen LogP contribution in [0.2, 0.25) is 0 Å². The summed E-state index contributed by atoms with van der Waals surface area (Å²) in [6.07, 6.45) is 9.94. The molecule has 1 saturated heterocycles. The Labute approximate surface area is 157 Å². The molecule has 1 fully saturated rings. The predicted molar refractivity (Wildman–Crippen MR) is 108 cm³/mol. The summed E-state index contributed by atoms with van der Waals surface area (Å²) in [5, 5.41) is 8.74. The molecule has 1 aromatic carbocycles. The van der Waals surface area contributed by atoms with E-state index in [0.717, 1.165) is 32.4 Å². The van der Waals surface area contributed by atoms with E-state index in [0.29, 0.717) is 0 Å². The van der Waals surface area contributed by atoms with Crippen LogP contribution in [0.3, 0.4) is 0 Å². The number of benzene rings is 1. The molecule has 4 nitrogen and oxygen atoms in total. The van der Waals surface area contributed by atoms with Crippen molar-refractivity contribution in [3.8, 4) is 5.69 Å². The number of nitrogens with zero attached hydrogens (tertiary/aromatic N) is 3. The Bertz CT molecular complexity index is 710. The molecule has 0 unspecified atom stereocenters. The van der Waals surface area contributed by atoms with Crippen molar-refractivity contribution in [1.29, 1.82) is 0 Å². The molecule has 3 heterocycles. The normalized spacial score (nSPS) is 18.2. The number of hydrogen-bond acceptors (Lipinski definition) is 3. The molecule has 2 aliphatic heterocycles. The highest BCUT2D eigenvalue weighted by atomic mass is 15.3. The molecule has 0 bridgehead atoms. The molecule has 0 radical (unpaired) electrons. The lowest BCUT2D eigenvalue weighted by Gasteiger charge is -2.26. The molecule has 0 amide bonds.